The van der Waals surface area contributed by atoms with Crippen molar-refractivity contribution in [3.63, 3.8) is 0 Å². The van der Waals surface area contributed by atoms with Crippen LogP contribution in [0.3, 0.4) is 0 Å². The largest absolute Gasteiger partial charge is 0.481 e. The smallest absolute Gasteiger partial charge is 0.307 e. The summed E-state index contributed by atoms with van der Waals surface area (Å²) < 4.78 is 0. The summed E-state index contributed by atoms with van der Waals surface area (Å²) in [6.45, 7) is 0. The molecule has 4 nitrogen and oxygen atoms in total. The van der Waals surface area contributed by atoms with Crippen LogP contribution in [0.2, 0.25) is 0 Å². The van der Waals surface area contributed by atoms with E-state index in [1.807, 2.05) is 6.07 Å². The molecule has 0 spiro atoms. The minimum absolute atomic E-state index is 0.142. The molecule has 2 atom stereocenters. The van der Waals surface area contributed by atoms with Crippen LogP contribution in [-0.2, 0) is 4.79 Å². The second kappa shape index (κ2) is 3.78. The van der Waals surface area contributed by atoms with E-state index >= 15 is 0 Å². The minimum Gasteiger partial charge on any atom is -0.481 e. The summed E-state index contributed by atoms with van der Waals surface area (Å²) in [5.41, 5.74) is 0.967. The number of nitriles is 1. The number of carboxylic acids is 1. The first-order chi connectivity index (χ1) is 7.63. The highest BCUT2D eigenvalue weighted by Crippen LogP contribution is 2.41. The van der Waals surface area contributed by atoms with Gasteiger partial charge in [-0.15, -0.1) is 0 Å². The third-order valence-corrected chi connectivity index (χ3v) is 2.74. The number of carbonyl (C=O) groups is 2. The Morgan fingerprint density at radius 1 is 1.25 bits per heavy atom. The Morgan fingerprint density at radius 2 is 1.88 bits per heavy atom. The Labute approximate surface area is 92.1 Å². The molecule has 80 valence electrons. The van der Waals surface area contributed by atoms with E-state index in [9.17, 15) is 9.59 Å². The lowest BCUT2D eigenvalue weighted by atomic mass is 10.0. The van der Waals surface area contributed by atoms with Gasteiger partial charge >= 0.3 is 5.97 Å². The highest BCUT2D eigenvalue weighted by molar-refractivity contribution is 6.02. The highest BCUT2D eigenvalue weighted by Gasteiger charge is 2.48. The van der Waals surface area contributed by atoms with Gasteiger partial charge in [0, 0.05) is 11.5 Å². The molecule has 1 aromatic carbocycles. The first kappa shape index (κ1) is 10.4. The third kappa shape index (κ3) is 1.80. The first-order valence-corrected chi connectivity index (χ1v) is 4.90. The average Bonchev–Trinajstić information content (AvgIpc) is 3.08. The van der Waals surface area contributed by atoms with E-state index in [4.69, 9.17) is 10.4 Å². The third-order valence-electron chi connectivity index (χ3n) is 2.74. The molecule has 16 heavy (non-hydrogen) atoms. The molecule has 0 aliphatic heterocycles. The van der Waals surface area contributed by atoms with Crippen molar-refractivity contribution in [2.24, 2.45) is 11.8 Å². The van der Waals surface area contributed by atoms with Crippen LogP contribution in [-0.4, -0.2) is 16.9 Å². The second-order valence-corrected chi connectivity index (χ2v) is 3.84. The van der Waals surface area contributed by atoms with Crippen molar-refractivity contribution in [1.82, 2.24) is 0 Å². The van der Waals surface area contributed by atoms with Crippen molar-refractivity contribution in [1.29, 1.82) is 5.26 Å². The maximum absolute atomic E-state index is 11.8. The van der Waals surface area contributed by atoms with Crippen LogP contribution in [0.5, 0.6) is 0 Å². The van der Waals surface area contributed by atoms with Crippen LogP contribution in [0.4, 0.5) is 0 Å². The van der Waals surface area contributed by atoms with Crippen LogP contribution in [0.25, 0.3) is 0 Å². The van der Waals surface area contributed by atoms with Gasteiger partial charge in [0.25, 0.3) is 0 Å². The molecule has 1 N–H and O–H groups in total. The normalized spacial score (nSPS) is 22.2. The number of aliphatic carboxylic acids is 1. The number of nitrogens with zero attached hydrogens (tertiary/aromatic N) is 1. The molecule has 1 fully saturated rings. The summed E-state index contributed by atoms with van der Waals surface area (Å²) in [5, 5.41) is 17.3. The predicted octanol–water partition coefficient (Wildman–Crippen LogP) is 1.46. The molecule has 0 unspecified atom stereocenters. The molecule has 1 aliphatic carbocycles. The number of Topliss-reactive ketones (excluding diaryl/α,β-unsaturated/α-hetero) is 1. The number of hydrogen-bond acceptors (Lipinski definition) is 3. The zero-order chi connectivity index (χ0) is 11.7. The van der Waals surface area contributed by atoms with Gasteiger partial charge < -0.3 is 5.11 Å². The zero-order valence-corrected chi connectivity index (χ0v) is 8.38. The van der Waals surface area contributed by atoms with Gasteiger partial charge in [0.2, 0.25) is 0 Å². The van der Waals surface area contributed by atoms with E-state index in [2.05, 4.69) is 0 Å². The number of carboxylic acid groups (broad SMARTS) is 1. The van der Waals surface area contributed by atoms with Gasteiger partial charge in [-0.2, -0.15) is 5.26 Å². The fraction of sp³-hybridized carbons (Fsp3) is 0.250. The number of hydrogen-bond donors (Lipinski definition) is 1. The Balaban J connectivity index is 2.11. The van der Waals surface area contributed by atoms with Crippen molar-refractivity contribution in [2.45, 2.75) is 6.42 Å². The van der Waals surface area contributed by atoms with Gasteiger partial charge in [0.15, 0.2) is 5.78 Å². The second-order valence-electron chi connectivity index (χ2n) is 3.84. The van der Waals surface area contributed by atoms with Crippen LogP contribution >= 0.6 is 0 Å². The van der Waals surface area contributed by atoms with Gasteiger partial charge in [-0.25, -0.2) is 0 Å². The van der Waals surface area contributed by atoms with Crippen molar-refractivity contribution in [3.8, 4) is 6.07 Å². The van der Waals surface area contributed by atoms with E-state index in [0.29, 0.717) is 17.5 Å². The zero-order valence-electron chi connectivity index (χ0n) is 8.38. The van der Waals surface area contributed by atoms with Gasteiger partial charge in [-0.05, 0) is 18.6 Å². The maximum Gasteiger partial charge on any atom is 0.307 e. The standard InChI is InChI=1S/C12H9NO3/c13-6-7-1-3-8(4-2-7)11(14)9-5-10(9)12(15)16/h1-4,9-10H,5H2,(H,15,16)/t9-,10+/m0/s1. The van der Waals surface area contributed by atoms with Crippen molar-refractivity contribution in [3.05, 3.63) is 35.4 Å². The molecule has 1 aliphatic rings. The van der Waals surface area contributed by atoms with Gasteiger partial charge in [-0.3, -0.25) is 9.59 Å². The van der Waals surface area contributed by atoms with Crippen molar-refractivity contribution < 1.29 is 14.7 Å². The average molecular weight is 215 g/mol. The van der Waals surface area contributed by atoms with Crippen LogP contribution in [0.1, 0.15) is 22.3 Å². The maximum atomic E-state index is 11.8. The fourth-order valence-corrected chi connectivity index (χ4v) is 1.68. The first-order valence-electron chi connectivity index (χ1n) is 4.90. The number of ketones is 1. The summed E-state index contributed by atoms with van der Waals surface area (Å²) >= 11 is 0. The number of benzene rings is 1. The predicted molar refractivity (Wildman–Crippen MR) is 54.7 cm³/mol. The molecule has 0 amide bonds. The molecule has 0 radical (unpaired) electrons. The number of carbonyl (C=O) groups excluding carboxylic acids is 1. The van der Waals surface area contributed by atoms with E-state index in [1.165, 1.54) is 0 Å². The summed E-state index contributed by atoms with van der Waals surface area (Å²) in [6.07, 6.45) is 0.425. The fourth-order valence-electron chi connectivity index (χ4n) is 1.68. The van der Waals surface area contributed by atoms with Gasteiger partial charge in [0.1, 0.15) is 0 Å². The van der Waals surface area contributed by atoms with Crippen LogP contribution in [0.15, 0.2) is 24.3 Å². The lowest BCUT2D eigenvalue weighted by molar-refractivity contribution is -0.138. The monoisotopic (exact) mass is 215 g/mol. The number of rotatable bonds is 3. The molecular weight excluding hydrogens is 206 g/mol. The molecule has 1 aromatic rings. The van der Waals surface area contributed by atoms with E-state index in [-0.39, 0.29) is 11.7 Å². The Hall–Kier alpha value is -2.15. The van der Waals surface area contributed by atoms with Crippen molar-refractivity contribution >= 4 is 11.8 Å². The highest BCUT2D eigenvalue weighted by atomic mass is 16.4. The van der Waals surface area contributed by atoms with Crippen LogP contribution < -0.4 is 0 Å². The molecule has 1 saturated carbocycles. The summed E-state index contributed by atoms with van der Waals surface area (Å²) in [7, 11) is 0. The Morgan fingerprint density at radius 3 is 2.31 bits per heavy atom. The van der Waals surface area contributed by atoms with E-state index in [1.54, 1.807) is 24.3 Å². The lowest BCUT2D eigenvalue weighted by Crippen LogP contribution is -2.08. The minimum atomic E-state index is -0.910. The molecular formula is C12H9NO3. The topological polar surface area (TPSA) is 78.2 Å². The molecule has 4 heteroatoms. The summed E-state index contributed by atoms with van der Waals surface area (Å²) in [4.78, 5) is 22.4. The summed E-state index contributed by atoms with van der Waals surface area (Å²) in [5.74, 6) is -1.96. The Bertz CT molecular complexity index is 484. The molecule has 0 bridgehead atoms. The Kier molecular flexibility index (Phi) is 2.45. The van der Waals surface area contributed by atoms with E-state index in [0.717, 1.165) is 0 Å². The molecule has 0 heterocycles. The van der Waals surface area contributed by atoms with E-state index < -0.39 is 11.9 Å². The quantitative estimate of drug-likeness (QED) is 0.774. The lowest BCUT2D eigenvalue weighted by Gasteiger charge is -1.98. The van der Waals surface area contributed by atoms with Crippen LogP contribution in [0, 0.1) is 23.2 Å². The molecule has 0 aromatic heterocycles. The molecule has 0 saturated heterocycles. The van der Waals surface area contributed by atoms with Crippen molar-refractivity contribution in [2.75, 3.05) is 0 Å². The van der Waals surface area contributed by atoms with Gasteiger partial charge in [0.05, 0.1) is 17.6 Å². The summed E-state index contributed by atoms with van der Waals surface area (Å²) in [6, 6.07) is 8.22. The SMILES string of the molecule is N#Cc1ccc(C(=O)[C@H]2C[C@H]2C(=O)O)cc1. The van der Waals surface area contributed by atoms with Gasteiger partial charge in [-0.1, -0.05) is 12.1 Å². The molecule has 2 rings (SSSR count).